The molecule has 1 aromatic carbocycles. The minimum absolute atomic E-state index is 0.134. The molecule has 3 rings (SSSR count). The summed E-state index contributed by atoms with van der Waals surface area (Å²) in [6, 6.07) is 3.76. The van der Waals surface area contributed by atoms with E-state index in [-0.39, 0.29) is 11.5 Å². The van der Waals surface area contributed by atoms with Crippen LogP contribution in [0.25, 0.3) is 0 Å². The van der Waals surface area contributed by atoms with Crippen molar-refractivity contribution < 1.29 is 13.5 Å². The molecule has 2 atom stereocenters. The number of hydrogen-bond acceptors (Lipinski definition) is 1. The molecule has 0 aromatic heterocycles. The van der Waals surface area contributed by atoms with Crippen molar-refractivity contribution >= 4 is 15.9 Å². The molecule has 1 aromatic rings. The molecule has 0 aliphatic heterocycles. The van der Waals surface area contributed by atoms with Crippen LogP contribution in [0.3, 0.4) is 0 Å². The van der Waals surface area contributed by atoms with Gasteiger partial charge in [0.15, 0.2) is 11.6 Å². The summed E-state index contributed by atoms with van der Waals surface area (Å²) < 4.78 is 31.8. The van der Waals surface area contributed by atoms with Gasteiger partial charge in [0.25, 0.3) is 0 Å². The van der Waals surface area contributed by atoms with E-state index < -0.39 is 11.6 Å². The van der Waals surface area contributed by atoms with E-state index in [0.717, 1.165) is 31.4 Å². The molecule has 0 saturated heterocycles. The molecule has 2 saturated carbocycles. The molecule has 4 heteroatoms. The first kappa shape index (κ1) is 12.4. The van der Waals surface area contributed by atoms with Gasteiger partial charge < -0.3 is 4.74 Å². The van der Waals surface area contributed by atoms with Crippen molar-refractivity contribution in [2.24, 2.45) is 5.41 Å². The number of alkyl halides is 1. The van der Waals surface area contributed by atoms with Crippen molar-refractivity contribution in [2.45, 2.75) is 43.0 Å². The van der Waals surface area contributed by atoms with Crippen LogP contribution in [0.4, 0.5) is 8.78 Å². The second-order valence-corrected chi connectivity index (χ2v) is 6.43. The molecule has 2 unspecified atom stereocenters. The fourth-order valence-electron chi connectivity index (χ4n) is 3.25. The summed E-state index contributed by atoms with van der Waals surface area (Å²) in [5.74, 6) is -1.24. The van der Waals surface area contributed by atoms with Crippen molar-refractivity contribution in [1.82, 2.24) is 0 Å². The highest BCUT2D eigenvalue weighted by molar-refractivity contribution is 9.09. The van der Waals surface area contributed by atoms with Crippen molar-refractivity contribution in [3.63, 3.8) is 0 Å². The van der Waals surface area contributed by atoms with Crippen molar-refractivity contribution in [3.8, 4) is 5.75 Å². The average Bonchev–Trinajstić information content (AvgIpc) is 2.85. The molecular weight excluding hydrogens is 302 g/mol. The molecule has 2 aliphatic carbocycles. The molecule has 1 spiro atoms. The summed E-state index contributed by atoms with van der Waals surface area (Å²) in [5, 5.41) is 0. The number of ether oxygens (including phenoxy) is 1. The van der Waals surface area contributed by atoms with Crippen molar-refractivity contribution in [2.75, 3.05) is 0 Å². The SMILES string of the molecule is Fc1ccc(OC2CC(Br)C23CCCC3)cc1F. The smallest absolute Gasteiger partial charge is 0.162 e. The summed E-state index contributed by atoms with van der Waals surface area (Å²) in [4.78, 5) is 0.503. The maximum atomic E-state index is 13.1. The Labute approximate surface area is 114 Å². The van der Waals surface area contributed by atoms with E-state index in [1.807, 2.05) is 0 Å². The van der Waals surface area contributed by atoms with Gasteiger partial charge in [0.2, 0.25) is 0 Å². The zero-order valence-electron chi connectivity index (χ0n) is 9.96. The predicted octanol–water partition coefficient (Wildman–Crippen LogP) is 4.44. The minimum Gasteiger partial charge on any atom is -0.490 e. The molecule has 1 nitrogen and oxygen atoms in total. The predicted molar refractivity (Wildman–Crippen MR) is 69.0 cm³/mol. The quantitative estimate of drug-likeness (QED) is 0.733. The van der Waals surface area contributed by atoms with E-state index in [2.05, 4.69) is 15.9 Å². The molecule has 0 amide bonds. The summed E-state index contributed by atoms with van der Waals surface area (Å²) >= 11 is 3.71. The Morgan fingerprint density at radius 3 is 2.50 bits per heavy atom. The highest BCUT2D eigenvalue weighted by Gasteiger charge is 2.56. The Morgan fingerprint density at radius 1 is 1.17 bits per heavy atom. The van der Waals surface area contributed by atoms with Crippen molar-refractivity contribution in [1.29, 1.82) is 0 Å². The zero-order chi connectivity index (χ0) is 12.8. The molecule has 0 radical (unpaired) electrons. The monoisotopic (exact) mass is 316 g/mol. The van der Waals surface area contributed by atoms with Crippen LogP contribution in [0.2, 0.25) is 0 Å². The average molecular weight is 317 g/mol. The molecule has 2 fully saturated rings. The molecule has 0 N–H and O–H groups in total. The van der Waals surface area contributed by atoms with Gasteiger partial charge in [-0.25, -0.2) is 8.78 Å². The van der Waals surface area contributed by atoms with Gasteiger partial charge in [-0.15, -0.1) is 0 Å². The van der Waals surface area contributed by atoms with E-state index in [9.17, 15) is 8.78 Å². The number of benzene rings is 1. The molecule has 18 heavy (non-hydrogen) atoms. The van der Waals surface area contributed by atoms with Crippen LogP contribution in [0.1, 0.15) is 32.1 Å². The van der Waals surface area contributed by atoms with Crippen LogP contribution in [-0.2, 0) is 0 Å². The van der Waals surface area contributed by atoms with Gasteiger partial charge >= 0.3 is 0 Å². The highest BCUT2D eigenvalue weighted by Crippen LogP contribution is 2.57. The van der Waals surface area contributed by atoms with Gasteiger partial charge in [-0.3, -0.25) is 0 Å². The Balaban J connectivity index is 1.75. The second kappa shape index (κ2) is 4.48. The van der Waals surface area contributed by atoms with Gasteiger partial charge in [0.1, 0.15) is 11.9 Å². The first-order chi connectivity index (χ1) is 8.62. The van der Waals surface area contributed by atoms with Gasteiger partial charge in [-0.1, -0.05) is 28.8 Å². The topological polar surface area (TPSA) is 9.23 Å². The van der Waals surface area contributed by atoms with E-state index >= 15 is 0 Å². The maximum absolute atomic E-state index is 13.1. The van der Waals surface area contributed by atoms with Gasteiger partial charge in [-0.05, 0) is 31.4 Å². The Kier molecular flexibility index (Phi) is 3.08. The van der Waals surface area contributed by atoms with Crippen LogP contribution in [-0.4, -0.2) is 10.9 Å². The van der Waals surface area contributed by atoms with Crippen LogP contribution < -0.4 is 4.74 Å². The van der Waals surface area contributed by atoms with Gasteiger partial charge in [-0.2, -0.15) is 0 Å². The lowest BCUT2D eigenvalue weighted by atomic mass is 9.64. The van der Waals surface area contributed by atoms with Gasteiger partial charge in [0.05, 0.1) is 0 Å². The van der Waals surface area contributed by atoms with E-state index in [1.165, 1.54) is 18.9 Å². The third-order valence-corrected chi connectivity index (χ3v) is 5.68. The fraction of sp³-hybridized carbons (Fsp3) is 0.571. The lowest BCUT2D eigenvalue weighted by Gasteiger charge is -2.51. The zero-order valence-corrected chi connectivity index (χ0v) is 11.6. The summed E-state index contributed by atoms with van der Waals surface area (Å²) in [6.07, 6.45) is 5.88. The van der Waals surface area contributed by atoms with Crippen molar-refractivity contribution in [3.05, 3.63) is 29.8 Å². The summed E-state index contributed by atoms with van der Waals surface area (Å²) in [5.41, 5.74) is 0.213. The fourth-order valence-corrected chi connectivity index (χ4v) is 4.34. The molecular formula is C14H15BrF2O. The minimum atomic E-state index is -0.845. The van der Waals surface area contributed by atoms with E-state index in [0.29, 0.717) is 10.6 Å². The first-order valence-corrected chi connectivity index (χ1v) is 7.29. The molecule has 98 valence electrons. The Morgan fingerprint density at radius 2 is 1.89 bits per heavy atom. The lowest BCUT2D eigenvalue weighted by Crippen LogP contribution is -2.55. The lowest BCUT2D eigenvalue weighted by molar-refractivity contribution is -0.0305. The third kappa shape index (κ3) is 1.85. The number of hydrogen-bond donors (Lipinski definition) is 0. The largest absolute Gasteiger partial charge is 0.490 e. The number of halogens is 3. The third-order valence-electron chi connectivity index (χ3n) is 4.39. The summed E-state index contributed by atoms with van der Waals surface area (Å²) in [7, 11) is 0. The van der Waals surface area contributed by atoms with Crippen LogP contribution in [0, 0.1) is 17.0 Å². The Bertz CT molecular complexity index is 457. The first-order valence-electron chi connectivity index (χ1n) is 6.37. The van der Waals surface area contributed by atoms with E-state index in [4.69, 9.17) is 4.74 Å². The second-order valence-electron chi connectivity index (χ2n) is 5.33. The maximum Gasteiger partial charge on any atom is 0.162 e. The van der Waals surface area contributed by atoms with Crippen LogP contribution in [0.5, 0.6) is 5.75 Å². The van der Waals surface area contributed by atoms with E-state index in [1.54, 1.807) is 0 Å². The molecule has 2 aliphatic rings. The molecule has 0 bridgehead atoms. The Hall–Kier alpha value is -0.640. The number of rotatable bonds is 2. The highest BCUT2D eigenvalue weighted by atomic mass is 79.9. The summed E-state index contributed by atoms with van der Waals surface area (Å²) in [6.45, 7) is 0. The normalized spacial score (nSPS) is 29.3. The van der Waals surface area contributed by atoms with Crippen LogP contribution >= 0.6 is 15.9 Å². The molecule has 0 heterocycles. The standard InChI is InChI=1S/C14H15BrF2O/c15-12-8-13(14(12)5-1-2-6-14)18-9-3-4-10(16)11(17)7-9/h3-4,7,12-13H,1-2,5-6,8H2. The van der Waals surface area contributed by atoms with Gasteiger partial charge in [0, 0.05) is 16.3 Å². The van der Waals surface area contributed by atoms with Crippen LogP contribution in [0.15, 0.2) is 18.2 Å².